The van der Waals surface area contributed by atoms with Crippen LogP contribution in [0.4, 0.5) is 4.79 Å². The van der Waals surface area contributed by atoms with Crippen molar-refractivity contribution in [3.05, 3.63) is 23.8 Å². The van der Waals surface area contributed by atoms with Crippen molar-refractivity contribution in [2.24, 2.45) is 5.73 Å². The van der Waals surface area contributed by atoms with Gasteiger partial charge in [0.25, 0.3) is 0 Å². The molecule has 3 nitrogen and oxygen atoms in total. The predicted octanol–water partition coefficient (Wildman–Crippen LogP) is 1.32. The molecule has 1 aliphatic carbocycles. The minimum Gasteiger partial charge on any atom is -0.352 e. The molecule has 3 N–H and O–H groups in total. The van der Waals surface area contributed by atoms with E-state index in [1.807, 2.05) is 32.1 Å². The third kappa shape index (κ3) is 2.12. The van der Waals surface area contributed by atoms with Gasteiger partial charge in [0, 0.05) is 0 Å². The second-order valence-corrected chi connectivity index (χ2v) is 3.46. The summed E-state index contributed by atoms with van der Waals surface area (Å²) in [4.78, 5) is 10.6. The van der Waals surface area contributed by atoms with Crippen molar-refractivity contribution in [3.8, 4) is 0 Å². The van der Waals surface area contributed by atoms with Crippen LogP contribution in [-0.2, 0) is 0 Å². The van der Waals surface area contributed by atoms with Gasteiger partial charge < -0.3 is 11.1 Å². The van der Waals surface area contributed by atoms with E-state index in [1.165, 1.54) is 5.57 Å². The summed E-state index contributed by atoms with van der Waals surface area (Å²) >= 11 is 0. The Labute approximate surface area is 72.3 Å². The monoisotopic (exact) mass is 166 g/mol. The van der Waals surface area contributed by atoms with Crippen molar-refractivity contribution in [2.75, 3.05) is 0 Å². The van der Waals surface area contributed by atoms with Gasteiger partial charge in [-0.2, -0.15) is 0 Å². The van der Waals surface area contributed by atoms with Gasteiger partial charge in [-0.3, -0.25) is 0 Å². The van der Waals surface area contributed by atoms with E-state index in [0.717, 1.165) is 6.42 Å². The third-order valence-electron chi connectivity index (χ3n) is 1.90. The van der Waals surface area contributed by atoms with Gasteiger partial charge in [-0.15, -0.1) is 0 Å². The third-order valence-corrected chi connectivity index (χ3v) is 1.90. The van der Waals surface area contributed by atoms with Crippen LogP contribution >= 0.6 is 0 Å². The Morgan fingerprint density at radius 2 is 2.42 bits per heavy atom. The molecular weight excluding hydrogens is 152 g/mol. The van der Waals surface area contributed by atoms with Crippen molar-refractivity contribution in [1.82, 2.24) is 5.32 Å². The summed E-state index contributed by atoms with van der Waals surface area (Å²) < 4.78 is 0. The lowest BCUT2D eigenvalue weighted by atomic mass is 9.89. The zero-order valence-corrected chi connectivity index (χ0v) is 7.42. The normalized spacial score (nSPS) is 28.0. The number of rotatable bonds is 1. The van der Waals surface area contributed by atoms with E-state index in [9.17, 15) is 4.79 Å². The molecule has 0 spiro atoms. The Morgan fingerprint density at radius 1 is 1.75 bits per heavy atom. The van der Waals surface area contributed by atoms with Gasteiger partial charge >= 0.3 is 6.03 Å². The van der Waals surface area contributed by atoms with E-state index in [1.54, 1.807) is 0 Å². The Morgan fingerprint density at radius 3 is 2.92 bits per heavy atom. The molecule has 1 rings (SSSR count). The first-order valence-electron chi connectivity index (χ1n) is 3.94. The summed E-state index contributed by atoms with van der Waals surface area (Å²) in [7, 11) is 0. The van der Waals surface area contributed by atoms with Crippen molar-refractivity contribution in [3.63, 3.8) is 0 Å². The van der Waals surface area contributed by atoms with Gasteiger partial charge in [-0.1, -0.05) is 23.8 Å². The first-order valence-corrected chi connectivity index (χ1v) is 3.94. The number of nitrogens with two attached hydrogens (primary N) is 1. The van der Waals surface area contributed by atoms with Gasteiger partial charge in [-0.25, -0.2) is 4.79 Å². The number of carbonyl (C=O) groups excluding carboxylic acids is 1. The van der Waals surface area contributed by atoms with Crippen LogP contribution in [0.2, 0.25) is 0 Å². The van der Waals surface area contributed by atoms with Crippen molar-refractivity contribution in [1.29, 1.82) is 0 Å². The smallest absolute Gasteiger partial charge is 0.312 e. The predicted molar refractivity (Wildman–Crippen MR) is 48.6 cm³/mol. The fourth-order valence-corrected chi connectivity index (χ4v) is 1.49. The molecule has 0 aromatic carbocycles. The van der Waals surface area contributed by atoms with E-state index < -0.39 is 6.03 Å². The van der Waals surface area contributed by atoms with Crippen LogP contribution in [0.5, 0.6) is 0 Å². The molecule has 0 aromatic heterocycles. The van der Waals surface area contributed by atoms with Crippen LogP contribution in [0.1, 0.15) is 20.3 Å². The first-order chi connectivity index (χ1) is 5.52. The summed E-state index contributed by atoms with van der Waals surface area (Å²) in [6.07, 6.45) is 6.75. The maximum Gasteiger partial charge on any atom is 0.312 e. The molecule has 0 aliphatic heterocycles. The molecule has 0 heterocycles. The van der Waals surface area contributed by atoms with Gasteiger partial charge in [0.1, 0.15) is 0 Å². The van der Waals surface area contributed by atoms with Crippen LogP contribution in [0.3, 0.4) is 0 Å². The molecule has 0 fully saturated rings. The summed E-state index contributed by atoms with van der Waals surface area (Å²) in [6.45, 7) is 3.98. The SMILES string of the molecule is CC1=CC=CC(C)(NC(N)=O)C1. The maximum absolute atomic E-state index is 10.6. The number of carbonyl (C=O) groups is 1. The number of hydrogen-bond acceptors (Lipinski definition) is 1. The van der Waals surface area contributed by atoms with E-state index in [0.29, 0.717) is 0 Å². The summed E-state index contributed by atoms with van der Waals surface area (Å²) in [6, 6.07) is -0.475. The Bertz CT molecular complexity index is 251. The van der Waals surface area contributed by atoms with Crippen molar-refractivity contribution >= 4 is 6.03 Å². The summed E-state index contributed by atoms with van der Waals surface area (Å²) in [5, 5.41) is 2.70. The number of urea groups is 1. The average molecular weight is 166 g/mol. The van der Waals surface area contributed by atoms with Crippen molar-refractivity contribution in [2.45, 2.75) is 25.8 Å². The highest BCUT2D eigenvalue weighted by Crippen LogP contribution is 2.21. The van der Waals surface area contributed by atoms with Crippen LogP contribution in [0, 0.1) is 0 Å². The van der Waals surface area contributed by atoms with Crippen LogP contribution < -0.4 is 11.1 Å². The Kier molecular flexibility index (Phi) is 2.22. The molecule has 1 atom stereocenters. The molecule has 12 heavy (non-hydrogen) atoms. The number of hydrogen-bond donors (Lipinski definition) is 2. The lowest BCUT2D eigenvalue weighted by Crippen LogP contribution is -2.47. The van der Waals surface area contributed by atoms with Gasteiger partial charge in [0.2, 0.25) is 0 Å². The number of allylic oxidation sites excluding steroid dienone is 2. The molecule has 0 aromatic rings. The lowest BCUT2D eigenvalue weighted by Gasteiger charge is -2.29. The molecule has 0 bridgehead atoms. The van der Waals surface area contributed by atoms with E-state index in [-0.39, 0.29) is 5.54 Å². The highest BCUT2D eigenvalue weighted by molar-refractivity contribution is 5.73. The molecule has 1 unspecified atom stereocenters. The second-order valence-electron chi connectivity index (χ2n) is 3.46. The fraction of sp³-hybridized carbons (Fsp3) is 0.444. The molecular formula is C9H14N2O. The van der Waals surface area contributed by atoms with E-state index >= 15 is 0 Å². The van der Waals surface area contributed by atoms with E-state index in [4.69, 9.17) is 5.73 Å². The topological polar surface area (TPSA) is 55.1 Å². The summed E-state index contributed by atoms with van der Waals surface area (Å²) in [5.74, 6) is 0. The molecule has 0 radical (unpaired) electrons. The molecule has 66 valence electrons. The Balaban J connectivity index is 2.69. The lowest BCUT2D eigenvalue weighted by molar-refractivity contribution is 0.241. The number of nitrogens with one attached hydrogen (secondary N) is 1. The molecule has 1 aliphatic rings. The maximum atomic E-state index is 10.6. The quantitative estimate of drug-likeness (QED) is 0.606. The van der Waals surface area contributed by atoms with Gasteiger partial charge in [-0.05, 0) is 20.3 Å². The minimum atomic E-state index is -0.475. The number of primary amides is 1. The minimum absolute atomic E-state index is 0.301. The zero-order chi connectivity index (χ0) is 9.19. The average Bonchev–Trinajstić information content (AvgIpc) is 1.82. The molecule has 0 saturated carbocycles. The van der Waals surface area contributed by atoms with Crippen molar-refractivity contribution < 1.29 is 4.79 Å². The largest absolute Gasteiger partial charge is 0.352 e. The highest BCUT2D eigenvalue weighted by Gasteiger charge is 2.23. The van der Waals surface area contributed by atoms with Crippen LogP contribution in [0.15, 0.2) is 23.8 Å². The summed E-state index contributed by atoms with van der Waals surface area (Å²) in [5.41, 5.74) is 5.99. The second kappa shape index (κ2) is 3.01. The highest BCUT2D eigenvalue weighted by atomic mass is 16.2. The Hall–Kier alpha value is -1.25. The molecule has 2 amide bonds. The number of amides is 2. The fourth-order valence-electron chi connectivity index (χ4n) is 1.49. The van der Waals surface area contributed by atoms with Crippen LogP contribution in [-0.4, -0.2) is 11.6 Å². The molecule has 0 saturated heterocycles. The zero-order valence-electron chi connectivity index (χ0n) is 7.42. The van der Waals surface area contributed by atoms with Gasteiger partial charge in [0.15, 0.2) is 0 Å². The first kappa shape index (κ1) is 8.84. The molecule has 3 heteroatoms. The van der Waals surface area contributed by atoms with E-state index in [2.05, 4.69) is 5.32 Å². The van der Waals surface area contributed by atoms with Crippen LogP contribution in [0.25, 0.3) is 0 Å². The van der Waals surface area contributed by atoms with Gasteiger partial charge in [0.05, 0.1) is 5.54 Å². The standard InChI is InChI=1S/C9H14N2O/c1-7-4-3-5-9(2,6-7)11-8(10)12/h3-5H,6H2,1-2H3,(H3,10,11,12).